The fourth-order valence-electron chi connectivity index (χ4n) is 5.29. The van der Waals surface area contributed by atoms with Gasteiger partial charge >= 0.3 is 0 Å². The van der Waals surface area contributed by atoms with Gasteiger partial charge in [0, 0.05) is 24.2 Å². The number of anilines is 1. The number of amides is 2. The maximum Gasteiger partial charge on any atom is 0.273 e. The number of aryl methyl sites for hydroxylation is 1. The second-order valence-corrected chi connectivity index (χ2v) is 12.8. The van der Waals surface area contributed by atoms with Crippen LogP contribution < -0.4 is 19.1 Å². The van der Waals surface area contributed by atoms with Gasteiger partial charge in [0.2, 0.25) is 11.8 Å². The molecule has 0 radical (unpaired) electrons. The normalized spacial score (nSPS) is 14.0. The van der Waals surface area contributed by atoms with Crippen molar-refractivity contribution in [3.05, 3.63) is 88.0 Å². The number of hydrogen-bond donors (Lipinski definition) is 1. The van der Waals surface area contributed by atoms with Gasteiger partial charge in [0.1, 0.15) is 24.1 Å². The van der Waals surface area contributed by atoms with E-state index in [1.807, 2.05) is 0 Å². The Morgan fingerprint density at radius 3 is 2.29 bits per heavy atom. The lowest BCUT2D eigenvalue weighted by atomic mass is 10.1. The maximum atomic E-state index is 14.2. The minimum Gasteiger partial charge on any atom is -0.497 e. The van der Waals surface area contributed by atoms with Crippen LogP contribution in [0, 0.1) is 17.0 Å². The molecule has 1 saturated carbocycles. The molecular weight excluding hydrogens is 600 g/mol. The molecule has 1 atom stereocenters. The highest BCUT2D eigenvalue weighted by atomic mass is 32.2. The summed E-state index contributed by atoms with van der Waals surface area (Å²) in [5.74, 6) is 0.0377. The number of rotatable bonds is 13. The molecule has 0 aromatic heterocycles. The summed E-state index contributed by atoms with van der Waals surface area (Å²) in [4.78, 5) is 39.5. The molecule has 0 spiro atoms. The maximum absolute atomic E-state index is 14.2. The molecule has 3 aromatic carbocycles. The summed E-state index contributed by atoms with van der Waals surface area (Å²) in [6.07, 6.45) is 3.73. The molecule has 45 heavy (non-hydrogen) atoms. The number of ether oxygens (including phenoxy) is 2. The van der Waals surface area contributed by atoms with Crippen molar-refractivity contribution >= 4 is 33.2 Å². The first kappa shape index (κ1) is 33.2. The number of nitrogens with zero attached hydrogens (tertiary/aromatic N) is 3. The number of benzene rings is 3. The zero-order valence-electron chi connectivity index (χ0n) is 25.8. The quantitative estimate of drug-likeness (QED) is 0.211. The smallest absolute Gasteiger partial charge is 0.273 e. The molecule has 3 aromatic rings. The average molecular weight is 639 g/mol. The summed E-state index contributed by atoms with van der Waals surface area (Å²) in [5, 5.41) is 14.7. The number of nitro groups is 1. The molecule has 240 valence electrons. The van der Waals surface area contributed by atoms with Gasteiger partial charge in [-0.05, 0) is 74.7 Å². The molecule has 0 bridgehead atoms. The highest BCUT2D eigenvalue weighted by molar-refractivity contribution is 7.92. The molecule has 12 nitrogen and oxygen atoms in total. The van der Waals surface area contributed by atoms with Crippen molar-refractivity contribution in [1.29, 1.82) is 0 Å². The van der Waals surface area contributed by atoms with Gasteiger partial charge in [0.05, 0.1) is 29.7 Å². The summed E-state index contributed by atoms with van der Waals surface area (Å²) >= 11 is 0. The van der Waals surface area contributed by atoms with E-state index in [0.717, 1.165) is 36.1 Å². The van der Waals surface area contributed by atoms with Gasteiger partial charge in [-0.1, -0.05) is 31.0 Å². The molecule has 1 aliphatic carbocycles. The van der Waals surface area contributed by atoms with Crippen LogP contribution >= 0.6 is 0 Å². The number of methoxy groups -OCH3 is 2. The summed E-state index contributed by atoms with van der Waals surface area (Å²) in [6.45, 7) is 2.44. The van der Waals surface area contributed by atoms with Gasteiger partial charge in [-0.2, -0.15) is 0 Å². The van der Waals surface area contributed by atoms with Crippen molar-refractivity contribution in [3.63, 3.8) is 0 Å². The van der Waals surface area contributed by atoms with Gasteiger partial charge in [-0.25, -0.2) is 8.42 Å². The Labute approximate surface area is 263 Å². The standard InChI is InChI=1S/C32H38N4O8S/c1-22-12-17-29(19-30(22)36(39)40)45(41,42)35(26-13-15-27(43-3)16-14-26)21-31(37)34(20-24-8-7-11-28(18-24)44-4)23(2)32(38)33-25-9-5-6-10-25/h7-8,11-19,23,25H,5-6,9-10,20-21H2,1-4H3,(H,33,38)/t23-/m0/s1. The molecule has 4 rings (SSSR count). The third-order valence-electron chi connectivity index (χ3n) is 7.96. The van der Waals surface area contributed by atoms with Gasteiger partial charge in [-0.15, -0.1) is 0 Å². The number of sulfonamides is 1. The predicted molar refractivity (Wildman–Crippen MR) is 169 cm³/mol. The second kappa shape index (κ2) is 14.4. The Hall–Kier alpha value is -4.65. The van der Waals surface area contributed by atoms with E-state index < -0.39 is 33.4 Å². The lowest BCUT2D eigenvalue weighted by Crippen LogP contribution is -2.52. The molecule has 13 heteroatoms. The highest BCUT2D eigenvalue weighted by Gasteiger charge is 2.34. The van der Waals surface area contributed by atoms with E-state index in [1.54, 1.807) is 43.3 Å². The second-order valence-electron chi connectivity index (χ2n) is 11.0. The van der Waals surface area contributed by atoms with Crippen LogP contribution in [-0.2, 0) is 26.2 Å². The zero-order chi connectivity index (χ0) is 32.7. The molecule has 2 amide bonds. The first-order chi connectivity index (χ1) is 21.4. The first-order valence-corrected chi connectivity index (χ1v) is 16.0. The lowest BCUT2D eigenvalue weighted by molar-refractivity contribution is -0.385. The Kier molecular flexibility index (Phi) is 10.7. The molecule has 0 heterocycles. The molecule has 1 fully saturated rings. The number of nitro benzene ring substituents is 1. The van der Waals surface area contributed by atoms with Crippen molar-refractivity contribution in [2.45, 2.75) is 63.1 Å². The summed E-state index contributed by atoms with van der Waals surface area (Å²) in [5.41, 5.74) is 0.736. The predicted octanol–water partition coefficient (Wildman–Crippen LogP) is 4.59. The Morgan fingerprint density at radius 1 is 1.00 bits per heavy atom. The largest absolute Gasteiger partial charge is 0.497 e. The van der Waals surface area contributed by atoms with Crippen LogP contribution in [0.3, 0.4) is 0 Å². The molecule has 0 saturated heterocycles. The Balaban J connectivity index is 1.74. The van der Waals surface area contributed by atoms with Crippen LogP contribution in [0.2, 0.25) is 0 Å². The van der Waals surface area contributed by atoms with Crippen LogP contribution in [0.1, 0.15) is 43.7 Å². The van der Waals surface area contributed by atoms with Crippen molar-refractivity contribution in [2.24, 2.45) is 0 Å². The number of carbonyl (C=O) groups excluding carboxylic acids is 2. The fourth-order valence-corrected chi connectivity index (χ4v) is 6.73. The van der Waals surface area contributed by atoms with Gasteiger partial charge in [0.15, 0.2) is 0 Å². The van der Waals surface area contributed by atoms with Gasteiger partial charge < -0.3 is 19.7 Å². The van der Waals surface area contributed by atoms with E-state index in [0.29, 0.717) is 17.1 Å². The van der Waals surface area contributed by atoms with Gasteiger partial charge in [0.25, 0.3) is 15.7 Å². The topological polar surface area (TPSA) is 148 Å². The molecular formula is C32H38N4O8S. The van der Waals surface area contributed by atoms with E-state index >= 15 is 0 Å². The molecule has 1 N–H and O–H groups in total. The van der Waals surface area contributed by atoms with Crippen LogP contribution in [0.15, 0.2) is 71.6 Å². The zero-order valence-corrected chi connectivity index (χ0v) is 26.6. The van der Waals surface area contributed by atoms with E-state index in [9.17, 15) is 28.1 Å². The van der Waals surface area contributed by atoms with E-state index in [2.05, 4.69) is 5.32 Å². The third kappa shape index (κ3) is 7.90. The lowest BCUT2D eigenvalue weighted by Gasteiger charge is -2.32. The summed E-state index contributed by atoms with van der Waals surface area (Å²) < 4.78 is 39.7. The molecule has 0 aliphatic heterocycles. The Bertz CT molecular complexity index is 1640. The minimum atomic E-state index is -4.50. The summed E-state index contributed by atoms with van der Waals surface area (Å²) in [6, 6.07) is 15.8. The average Bonchev–Trinajstić information content (AvgIpc) is 3.55. The van der Waals surface area contributed by atoms with E-state index in [-0.39, 0.29) is 40.3 Å². The number of nitrogens with one attached hydrogen (secondary N) is 1. The monoisotopic (exact) mass is 638 g/mol. The van der Waals surface area contributed by atoms with Crippen LogP contribution in [0.4, 0.5) is 11.4 Å². The summed E-state index contributed by atoms with van der Waals surface area (Å²) in [7, 11) is -1.52. The first-order valence-electron chi connectivity index (χ1n) is 14.6. The van der Waals surface area contributed by atoms with Crippen molar-refractivity contribution in [2.75, 3.05) is 25.1 Å². The van der Waals surface area contributed by atoms with Gasteiger partial charge in [-0.3, -0.25) is 24.0 Å². The highest BCUT2D eigenvalue weighted by Crippen LogP contribution is 2.30. The van der Waals surface area contributed by atoms with Crippen LogP contribution in [0.25, 0.3) is 0 Å². The molecule has 0 unspecified atom stereocenters. The Morgan fingerprint density at radius 2 is 1.67 bits per heavy atom. The van der Waals surface area contributed by atoms with Crippen molar-refractivity contribution in [3.8, 4) is 11.5 Å². The van der Waals surface area contributed by atoms with Crippen molar-refractivity contribution in [1.82, 2.24) is 10.2 Å². The van der Waals surface area contributed by atoms with Crippen LogP contribution in [-0.4, -0.2) is 62.9 Å². The van der Waals surface area contributed by atoms with Crippen molar-refractivity contribution < 1.29 is 32.4 Å². The van der Waals surface area contributed by atoms with Crippen LogP contribution in [0.5, 0.6) is 11.5 Å². The molecule has 1 aliphatic rings. The number of carbonyl (C=O) groups is 2. The minimum absolute atomic E-state index is 0.00178. The van der Waals surface area contributed by atoms with E-state index in [4.69, 9.17) is 9.47 Å². The SMILES string of the molecule is COc1ccc(N(CC(=O)N(Cc2cccc(OC)c2)[C@@H](C)C(=O)NC2CCCC2)S(=O)(=O)c2ccc(C)c([N+](=O)[O-])c2)cc1. The fraction of sp³-hybridized carbons (Fsp3) is 0.375. The van der Waals surface area contributed by atoms with E-state index in [1.165, 1.54) is 50.3 Å². The number of hydrogen-bond acceptors (Lipinski definition) is 8. The third-order valence-corrected chi connectivity index (χ3v) is 9.73.